The molecule has 0 bridgehead atoms. The molecule has 0 saturated heterocycles. The Hall–Kier alpha value is -3.46. The van der Waals surface area contributed by atoms with Crippen molar-refractivity contribution < 1.29 is 0 Å². The maximum atomic E-state index is 4.62. The molecule has 3 heteroatoms. The first-order chi connectivity index (χ1) is 12.4. The number of nitrogens with zero attached hydrogens (tertiary/aromatic N) is 2. The van der Waals surface area contributed by atoms with Gasteiger partial charge in [-0.15, -0.1) is 0 Å². The Morgan fingerprint density at radius 3 is 1.88 bits per heavy atom. The molecule has 25 heavy (non-hydrogen) atoms. The van der Waals surface area contributed by atoms with Crippen molar-refractivity contribution in [2.45, 2.75) is 0 Å². The van der Waals surface area contributed by atoms with Crippen LogP contribution in [0.4, 0.5) is 11.6 Å². The Balaban J connectivity index is 1.59. The molecule has 1 heterocycles. The highest BCUT2D eigenvalue weighted by Crippen LogP contribution is 2.24. The molecule has 1 aromatic heterocycles. The van der Waals surface area contributed by atoms with Gasteiger partial charge in [-0.1, -0.05) is 72.8 Å². The van der Waals surface area contributed by atoms with Crippen LogP contribution in [0.5, 0.6) is 0 Å². The van der Waals surface area contributed by atoms with E-state index in [1.54, 1.807) is 6.20 Å². The van der Waals surface area contributed by atoms with Crippen molar-refractivity contribution >= 4 is 11.6 Å². The van der Waals surface area contributed by atoms with Crippen molar-refractivity contribution in [2.75, 3.05) is 5.32 Å². The van der Waals surface area contributed by atoms with Crippen LogP contribution in [0.15, 0.2) is 97.2 Å². The highest BCUT2D eigenvalue weighted by molar-refractivity contribution is 5.69. The zero-order valence-electron chi connectivity index (χ0n) is 13.6. The van der Waals surface area contributed by atoms with E-state index >= 15 is 0 Å². The van der Waals surface area contributed by atoms with Crippen LogP contribution in [0.1, 0.15) is 0 Å². The lowest BCUT2D eigenvalue weighted by molar-refractivity contribution is 1.17. The second-order valence-corrected chi connectivity index (χ2v) is 5.70. The molecule has 0 aliphatic carbocycles. The van der Waals surface area contributed by atoms with Gasteiger partial charge in [0.15, 0.2) is 0 Å². The third kappa shape index (κ3) is 3.56. The molecule has 0 atom stereocenters. The number of aromatic nitrogens is 2. The predicted molar refractivity (Wildman–Crippen MR) is 103 cm³/mol. The molecule has 0 unspecified atom stereocenters. The largest absolute Gasteiger partial charge is 0.324 e. The molecule has 0 radical (unpaired) electrons. The van der Waals surface area contributed by atoms with E-state index in [-0.39, 0.29) is 0 Å². The first-order valence-corrected chi connectivity index (χ1v) is 8.19. The van der Waals surface area contributed by atoms with Crippen LogP contribution in [-0.2, 0) is 0 Å². The molecule has 0 aliphatic heterocycles. The van der Waals surface area contributed by atoms with Gasteiger partial charge in [0.2, 0.25) is 5.95 Å². The van der Waals surface area contributed by atoms with E-state index < -0.39 is 0 Å². The molecule has 4 aromatic rings. The zero-order valence-corrected chi connectivity index (χ0v) is 13.6. The van der Waals surface area contributed by atoms with E-state index in [1.807, 2.05) is 42.5 Å². The lowest BCUT2D eigenvalue weighted by Gasteiger charge is -2.07. The lowest BCUT2D eigenvalue weighted by Crippen LogP contribution is -1.97. The van der Waals surface area contributed by atoms with E-state index in [0.29, 0.717) is 5.95 Å². The van der Waals surface area contributed by atoms with Crippen LogP contribution >= 0.6 is 0 Å². The summed E-state index contributed by atoms with van der Waals surface area (Å²) in [4.78, 5) is 8.92. The van der Waals surface area contributed by atoms with Gasteiger partial charge in [0.25, 0.3) is 0 Å². The standard InChI is InChI=1S/C22H17N3/c1-3-7-17(8-4-1)18-11-13-19(14-12-18)21-15-16-23-22(25-21)24-20-9-5-2-6-10-20/h1-16H,(H,23,24,25). The third-order valence-corrected chi connectivity index (χ3v) is 3.97. The predicted octanol–water partition coefficient (Wildman–Crippen LogP) is 5.55. The summed E-state index contributed by atoms with van der Waals surface area (Å²) < 4.78 is 0. The number of nitrogens with one attached hydrogen (secondary N) is 1. The van der Waals surface area contributed by atoms with Crippen molar-refractivity contribution in [2.24, 2.45) is 0 Å². The Morgan fingerprint density at radius 1 is 0.560 bits per heavy atom. The monoisotopic (exact) mass is 323 g/mol. The number of hydrogen-bond donors (Lipinski definition) is 1. The smallest absolute Gasteiger partial charge is 0.227 e. The van der Waals surface area contributed by atoms with Crippen molar-refractivity contribution in [3.8, 4) is 22.4 Å². The third-order valence-electron chi connectivity index (χ3n) is 3.97. The van der Waals surface area contributed by atoms with Gasteiger partial charge in [-0.2, -0.15) is 0 Å². The maximum Gasteiger partial charge on any atom is 0.227 e. The van der Waals surface area contributed by atoms with E-state index in [4.69, 9.17) is 0 Å². The lowest BCUT2D eigenvalue weighted by atomic mass is 10.0. The second kappa shape index (κ2) is 6.97. The molecule has 0 aliphatic rings. The van der Waals surface area contributed by atoms with Gasteiger partial charge in [0.05, 0.1) is 5.69 Å². The van der Waals surface area contributed by atoms with Gasteiger partial charge in [-0.25, -0.2) is 9.97 Å². The van der Waals surface area contributed by atoms with Gasteiger partial charge in [-0.3, -0.25) is 0 Å². The Labute approximate surface area is 147 Å². The minimum Gasteiger partial charge on any atom is -0.324 e. The molecule has 0 saturated carbocycles. The minimum absolute atomic E-state index is 0.593. The van der Waals surface area contributed by atoms with Gasteiger partial charge in [0.1, 0.15) is 0 Å². The number of para-hydroxylation sites is 1. The highest BCUT2D eigenvalue weighted by atomic mass is 15.1. The molecule has 3 aromatic carbocycles. The van der Waals surface area contributed by atoms with Crippen molar-refractivity contribution in [1.82, 2.24) is 9.97 Å². The highest BCUT2D eigenvalue weighted by Gasteiger charge is 2.04. The van der Waals surface area contributed by atoms with Crippen molar-refractivity contribution in [3.05, 3.63) is 97.2 Å². The van der Waals surface area contributed by atoms with Crippen LogP contribution in [0.2, 0.25) is 0 Å². The number of hydrogen-bond acceptors (Lipinski definition) is 3. The van der Waals surface area contributed by atoms with Crippen LogP contribution in [-0.4, -0.2) is 9.97 Å². The van der Waals surface area contributed by atoms with Crippen molar-refractivity contribution in [1.29, 1.82) is 0 Å². The fourth-order valence-corrected chi connectivity index (χ4v) is 2.69. The first kappa shape index (κ1) is 15.1. The topological polar surface area (TPSA) is 37.8 Å². The summed E-state index contributed by atoms with van der Waals surface area (Å²) in [5.41, 5.74) is 5.34. The summed E-state index contributed by atoms with van der Waals surface area (Å²) in [6, 6.07) is 30.6. The summed E-state index contributed by atoms with van der Waals surface area (Å²) in [7, 11) is 0. The van der Waals surface area contributed by atoms with Crippen LogP contribution in [0.25, 0.3) is 22.4 Å². The number of benzene rings is 3. The molecular formula is C22H17N3. The molecule has 0 fully saturated rings. The van der Waals surface area contributed by atoms with Crippen molar-refractivity contribution in [3.63, 3.8) is 0 Å². The molecule has 0 amide bonds. The normalized spacial score (nSPS) is 10.4. The maximum absolute atomic E-state index is 4.62. The molecule has 0 spiro atoms. The molecule has 120 valence electrons. The van der Waals surface area contributed by atoms with E-state index in [9.17, 15) is 0 Å². The van der Waals surface area contributed by atoms with Gasteiger partial charge in [-0.05, 0) is 29.3 Å². The summed E-state index contributed by atoms with van der Waals surface area (Å²) in [6.45, 7) is 0. The summed E-state index contributed by atoms with van der Waals surface area (Å²) in [6.07, 6.45) is 1.78. The van der Waals surface area contributed by atoms with Gasteiger partial charge >= 0.3 is 0 Å². The Morgan fingerprint density at radius 2 is 1.16 bits per heavy atom. The molecular weight excluding hydrogens is 306 g/mol. The van der Waals surface area contributed by atoms with E-state index in [1.165, 1.54) is 11.1 Å². The fraction of sp³-hybridized carbons (Fsp3) is 0. The quantitative estimate of drug-likeness (QED) is 0.535. The minimum atomic E-state index is 0.593. The average molecular weight is 323 g/mol. The fourth-order valence-electron chi connectivity index (χ4n) is 2.69. The van der Waals surface area contributed by atoms with E-state index in [0.717, 1.165) is 16.9 Å². The Bertz CT molecular complexity index is 949. The first-order valence-electron chi connectivity index (χ1n) is 8.19. The summed E-state index contributed by atoms with van der Waals surface area (Å²) >= 11 is 0. The molecule has 3 nitrogen and oxygen atoms in total. The van der Waals surface area contributed by atoms with Crippen LogP contribution in [0, 0.1) is 0 Å². The van der Waals surface area contributed by atoms with Gasteiger partial charge < -0.3 is 5.32 Å². The Kier molecular flexibility index (Phi) is 4.21. The summed E-state index contributed by atoms with van der Waals surface area (Å²) in [5, 5.41) is 3.23. The summed E-state index contributed by atoms with van der Waals surface area (Å²) in [5.74, 6) is 0.593. The second-order valence-electron chi connectivity index (χ2n) is 5.70. The molecule has 1 N–H and O–H groups in total. The SMILES string of the molecule is c1ccc(Nc2nccc(-c3ccc(-c4ccccc4)cc3)n2)cc1. The van der Waals surface area contributed by atoms with Crippen LogP contribution in [0.3, 0.4) is 0 Å². The number of anilines is 2. The number of rotatable bonds is 4. The van der Waals surface area contributed by atoms with E-state index in [2.05, 4.69) is 63.8 Å². The van der Waals surface area contributed by atoms with Gasteiger partial charge in [0, 0.05) is 17.4 Å². The average Bonchev–Trinajstić information content (AvgIpc) is 2.70. The molecule has 4 rings (SSSR count). The van der Waals surface area contributed by atoms with Crippen LogP contribution < -0.4 is 5.32 Å². The zero-order chi connectivity index (χ0) is 16.9.